The van der Waals surface area contributed by atoms with Crippen LogP contribution < -0.4 is 5.32 Å². The van der Waals surface area contributed by atoms with E-state index in [0.29, 0.717) is 6.54 Å². The Morgan fingerprint density at radius 2 is 1.75 bits per heavy atom. The van der Waals surface area contributed by atoms with Gasteiger partial charge >= 0.3 is 0 Å². The summed E-state index contributed by atoms with van der Waals surface area (Å²) in [5.74, 6) is -0.872. The van der Waals surface area contributed by atoms with Gasteiger partial charge in [0.25, 0.3) is 5.91 Å². The van der Waals surface area contributed by atoms with E-state index in [-0.39, 0.29) is 11.5 Å². The SMILES string of the molecule is O=C(NCc1cccc(CN2CCCCC2)c1)c1ccccc1F. The van der Waals surface area contributed by atoms with E-state index in [1.54, 1.807) is 12.1 Å². The molecule has 1 heterocycles. The molecule has 126 valence electrons. The van der Waals surface area contributed by atoms with E-state index in [4.69, 9.17) is 0 Å². The van der Waals surface area contributed by atoms with Crippen molar-refractivity contribution in [3.63, 3.8) is 0 Å². The molecule has 0 spiro atoms. The lowest BCUT2D eigenvalue weighted by molar-refractivity contribution is 0.0947. The van der Waals surface area contributed by atoms with Crippen LogP contribution in [0, 0.1) is 5.82 Å². The Balaban J connectivity index is 1.58. The monoisotopic (exact) mass is 326 g/mol. The van der Waals surface area contributed by atoms with Gasteiger partial charge in [0.1, 0.15) is 5.82 Å². The number of likely N-dealkylation sites (tertiary alicyclic amines) is 1. The number of carbonyl (C=O) groups is 1. The third kappa shape index (κ3) is 4.42. The number of amides is 1. The van der Waals surface area contributed by atoms with E-state index in [9.17, 15) is 9.18 Å². The standard InChI is InChI=1S/C20H23FN2O/c21-19-10-3-2-9-18(19)20(24)22-14-16-7-6-8-17(13-16)15-23-11-4-1-5-12-23/h2-3,6-10,13H,1,4-5,11-12,14-15H2,(H,22,24). The summed E-state index contributed by atoms with van der Waals surface area (Å²) in [7, 11) is 0. The largest absolute Gasteiger partial charge is 0.348 e. The van der Waals surface area contributed by atoms with Gasteiger partial charge in [-0.05, 0) is 49.2 Å². The van der Waals surface area contributed by atoms with Gasteiger partial charge in [0.05, 0.1) is 5.56 Å². The van der Waals surface area contributed by atoms with Crippen molar-refractivity contribution >= 4 is 5.91 Å². The minimum Gasteiger partial charge on any atom is -0.348 e. The molecule has 3 nitrogen and oxygen atoms in total. The minimum atomic E-state index is -0.492. The summed E-state index contributed by atoms with van der Waals surface area (Å²) in [6.45, 7) is 3.68. The van der Waals surface area contributed by atoms with Crippen molar-refractivity contribution in [2.75, 3.05) is 13.1 Å². The fourth-order valence-electron chi connectivity index (χ4n) is 3.14. The van der Waals surface area contributed by atoms with Crippen LogP contribution in [-0.4, -0.2) is 23.9 Å². The van der Waals surface area contributed by atoms with Crippen molar-refractivity contribution < 1.29 is 9.18 Å². The van der Waals surface area contributed by atoms with E-state index in [1.807, 2.05) is 12.1 Å². The van der Waals surface area contributed by atoms with E-state index in [1.165, 1.54) is 37.0 Å². The first-order valence-electron chi connectivity index (χ1n) is 8.55. The Morgan fingerprint density at radius 3 is 2.54 bits per heavy atom. The van der Waals surface area contributed by atoms with E-state index >= 15 is 0 Å². The molecule has 2 aromatic carbocycles. The van der Waals surface area contributed by atoms with Crippen LogP contribution in [0.4, 0.5) is 4.39 Å². The zero-order valence-electron chi connectivity index (χ0n) is 13.8. The summed E-state index contributed by atoms with van der Waals surface area (Å²) in [6.07, 6.45) is 3.88. The van der Waals surface area contributed by atoms with Gasteiger partial charge in [-0.2, -0.15) is 0 Å². The second kappa shape index (κ2) is 8.06. The van der Waals surface area contributed by atoms with Gasteiger partial charge in [-0.1, -0.05) is 42.8 Å². The number of nitrogens with zero attached hydrogens (tertiary/aromatic N) is 1. The molecule has 0 bridgehead atoms. The summed E-state index contributed by atoms with van der Waals surface area (Å²) in [4.78, 5) is 14.6. The normalized spacial score (nSPS) is 15.2. The average Bonchev–Trinajstić information content (AvgIpc) is 2.61. The maximum atomic E-state index is 13.6. The lowest BCUT2D eigenvalue weighted by Crippen LogP contribution is -2.29. The number of halogens is 1. The molecule has 0 aromatic heterocycles. The summed E-state index contributed by atoms with van der Waals surface area (Å²) in [5.41, 5.74) is 2.38. The Morgan fingerprint density at radius 1 is 1.00 bits per heavy atom. The summed E-state index contributed by atoms with van der Waals surface area (Å²) in [6, 6.07) is 14.3. The predicted octanol–water partition coefficient (Wildman–Crippen LogP) is 3.74. The van der Waals surface area contributed by atoms with Gasteiger partial charge in [-0.25, -0.2) is 4.39 Å². The first kappa shape index (κ1) is 16.7. The summed E-state index contributed by atoms with van der Waals surface area (Å²) >= 11 is 0. The number of carbonyl (C=O) groups excluding carboxylic acids is 1. The van der Waals surface area contributed by atoms with E-state index in [2.05, 4.69) is 22.3 Å². The highest BCUT2D eigenvalue weighted by atomic mass is 19.1. The molecule has 24 heavy (non-hydrogen) atoms. The molecule has 1 aliphatic heterocycles. The molecule has 2 aromatic rings. The highest BCUT2D eigenvalue weighted by Crippen LogP contribution is 2.14. The first-order chi connectivity index (χ1) is 11.7. The maximum absolute atomic E-state index is 13.6. The molecule has 0 saturated carbocycles. The molecule has 1 N–H and O–H groups in total. The van der Waals surface area contributed by atoms with Crippen molar-refractivity contribution in [3.05, 3.63) is 71.0 Å². The van der Waals surface area contributed by atoms with Crippen LogP contribution in [0.3, 0.4) is 0 Å². The molecule has 4 heteroatoms. The van der Waals surface area contributed by atoms with Gasteiger partial charge in [-0.15, -0.1) is 0 Å². The number of hydrogen-bond donors (Lipinski definition) is 1. The quantitative estimate of drug-likeness (QED) is 0.908. The Kier molecular flexibility index (Phi) is 5.59. The number of nitrogens with one attached hydrogen (secondary N) is 1. The number of benzene rings is 2. The highest BCUT2D eigenvalue weighted by molar-refractivity contribution is 5.94. The first-order valence-corrected chi connectivity index (χ1v) is 8.55. The fraction of sp³-hybridized carbons (Fsp3) is 0.350. The number of piperidine rings is 1. The van der Waals surface area contributed by atoms with Crippen molar-refractivity contribution in [2.24, 2.45) is 0 Å². The van der Waals surface area contributed by atoms with Crippen LogP contribution in [0.15, 0.2) is 48.5 Å². The van der Waals surface area contributed by atoms with Crippen LogP contribution >= 0.6 is 0 Å². The van der Waals surface area contributed by atoms with E-state index in [0.717, 1.165) is 25.2 Å². The van der Waals surface area contributed by atoms with Crippen LogP contribution in [0.1, 0.15) is 40.7 Å². The zero-order chi connectivity index (χ0) is 16.8. The van der Waals surface area contributed by atoms with Crippen LogP contribution in [-0.2, 0) is 13.1 Å². The van der Waals surface area contributed by atoms with Crippen LogP contribution in [0.5, 0.6) is 0 Å². The lowest BCUT2D eigenvalue weighted by Gasteiger charge is -2.26. The van der Waals surface area contributed by atoms with Crippen molar-refractivity contribution in [3.8, 4) is 0 Å². The fourth-order valence-corrected chi connectivity index (χ4v) is 3.14. The van der Waals surface area contributed by atoms with Gasteiger partial charge in [0, 0.05) is 13.1 Å². The number of hydrogen-bond acceptors (Lipinski definition) is 2. The van der Waals surface area contributed by atoms with E-state index < -0.39 is 5.82 Å². The van der Waals surface area contributed by atoms with Gasteiger partial charge in [0.15, 0.2) is 0 Å². The maximum Gasteiger partial charge on any atom is 0.254 e. The van der Waals surface area contributed by atoms with Gasteiger partial charge < -0.3 is 5.32 Å². The van der Waals surface area contributed by atoms with Crippen molar-refractivity contribution in [1.82, 2.24) is 10.2 Å². The Labute approximate surface area is 142 Å². The van der Waals surface area contributed by atoms with Crippen LogP contribution in [0.2, 0.25) is 0 Å². The van der Waals surface area contributed by atoms with Crippen LogP contribution in [0.25, 0.3) is 0 Å². The average molecular weight is 326 g/mol. The number of rotatable bonds is 5. The molecule has 1 amide bonds. The Hall–Kier alpha value is -2.20. The molecule has 3 rings (SSSR count). The molecule has 0 unspecified atom stereocenters. The summed E-state index contributed by atoms with van der Waals surface area (Å²) < 4.78 is 13.6. The third-order valence-electron chi connectivity index (χ3n) is 4.42. The topological polar surface area (TPSA) is 32.3 Å². The highest BCUT2D eigenvalue weighted by Gasteiger charge is 2.12. The van der Waals surface area contributed by atoms with Gasteiger partial charge in [-0.3, -0.25) is 9.69 Å². The predicted molar refractivity (Wildman–Crippen MR) is 93.1 cm³/mol. The lowest BCUT2D eigenvalue weighted by atomic mass is 10.1. The van der Waals surface area contributed by atoms with Crippen molar-refractivity contribution in [2.45, 2.75) is 32.4 Å². The molecule has 0 radical (unpaired) electrons. The second-order valence-electron chi connectivity index (χ2n) is 6.32. The summed E-state index contributed by atoms with van der Waals surface area (Å²) in [5, 5.41) is 2.79. The molecule has 1 aliphatic rings. The smallest absolute Gasteiger partial charge is 0.254 e. The molecular formula is C20H23FN2O. The Bertz CT molecular complexity index is 696. The zero-order valence-corrected chi connectivity index (χ0v) is 13.8. The third-order valence-corrected chi connectivity index (χ3v) is 4.42. The molecular weight excluding hydrogens is 303 g/mol. The molecule has 1 fully saturated rings. The second-order valence-corrected chi connectivity index (χ2v) is 6.32. The van der Waals surface area contributed by atoms with Gasteiger partial charge in [0.2, 0.25) is 0 Å². The minimum absolute atomic E-state index is 0.0852. The molecule has 0 aliphatic carbocycles. The molecule has 1 saturated heterocycles. The van der Waals surface area contributed by atoms with Crippen molar-refractivity contribution in [1.29, 1.82) is 0 Å². The molecule has 0 atom stereocenters.